The Bertz CT molecular complexity index is 274. The number of rotatable bonds is 3. The largest absolute Gasteiger partial charge is 0.0840 e. The van der Waals surface area contributed by atoms with Crippen LogP contribution in [-0.4, -0.2) is 0 Å². The van der Waals surface area contributed by atoms with Crippen LogP contribution in [0.2, 0.25) is 5.02 Å². The van der Waals surface area contributed by atoms with E-state index in [1.807, 2.05) is 6.92 Å². The van der Waals surface area contributed by atoms with Crippen LogP contribution in [-0.2, 0) is 0 Å². The second-order valence-corrected chi connectivity index (χ2v) is 3.93. The monoisotopic (exact) mass is 196 g/mol. The third-order valence-corrected chi connectivity index (χ3v) is 3.06. The Labute approximate surface area is 85.9 Å². The lowest BCUT2D eigenvalue weighted by Crippen LogP contribution is -1.95. The second kappa shape index (κ2) is 4.66. The predicted octanol–water partition coefficient (Wildman–Crippen LogP) is 4.55. The molecule has 0 N–H and O–H groups in total. The van der Waals surface area contributed by atoms with Gasteiger partial charge < -0.3 is 0 Å². The van der Waals surface area contributed by atoms with E-state index in [1.165, 1.54) is 18.4 Å². The molecule has 0 atom stereocenters. The number of hydrogen-bond acceptors (Lipinski definition) is 0. The van der Waals surface area contributed by atoms with Gasteiger partial charge in [-0.2, -0.15) is 0 Å². The van der Waals surface area contributed by atoms with Crippen LogP contribution in [0.4, 0.5) is 0 Å². The molecular formula is C12H17Cl. The summed E-state index contributed by atoms with van der Waals surface area (Å²) < 4.78 is 0. The van der Waals surface area contributed by atoms with Crippen LogP contribution in [0.3, 0.4) is 0 Å². The fourth-order valence-corrected chi connectivity index (χ4v) is 1.81. The van der Waals surface area contributed by atoms with Crippen molar-refractivity contribution in [1.29, 1.82) is 0 Å². The van der Waals surface area contributed by atoms with Crippen molar-refractivity contribution < 1.29 is 0 Å². The van der Waals surface area contributed by atoms with Gasteiger partial charge in [0, 0.05) is 5.02 Å². The molecule has 1 rings (SSSR count). The standard InChI is InChI=1S/C12H17Cl/c1-4-10(5-2)11-7-6-9(3)12(13)8-11/h6-8,10H,4-5H2,1-3H3. The van der Waals surface area contributed by atoms with Gasteiger partial charge in [0.05, 0.1) is 0 Å². The van der Waals surface area contributed by atoms with E-state index < -0.39 is 0 Å². The minimum atomic E-state index is 0.665. The van der Waals surface area contributed by atoms with E-state index in [-0.39, 0.29) is 0 Å². The normalized spacial score (nSPS) is 10.8. The molecule has 0 radical (unpaired) electrons. The van der Waals surface area contributed by atoms with Crippen molar-refractivity contribution in [3.63, 3.8) is 0 Å². The molecule has 0 aliphatic heterocycles. The van der Waals surface area contributed by atoms with Crippen LogP contribution in [0.5, 0.6) is 0 Å². The molecule has 0 aliphatic carbocycles. The molecule has 1 aromatic carbocycles. The molecule has 0 heterocycles. The van der Waals surface area contributed by atoms with Gasteiger partial charge in [0.15, 0.2) is 0 Å². The molecule has 0 saturated heterocycles. The molecule has 72 valence electrons. The molecule has 0 nitrogen and oxygen atoms in total. The SMILES string of the molecule is CCC(CC)c1ccc(C)c(Cl)c1. The van der Waals surface area contributed by atoms with E-state index in [2.05, 4.69) is 32.0 Å². The summed E-state index contributed by atoms with van der Waals surface area (Å²) in [5.74, 6) is 0.665. The molecule has 0 fully saturated rings. The maximum atomic E-state index is 6.07. The van der Waals surface area contributed by atoms with Gasteiger partial charge in [-0.05, 0) is 42.9 Å². The van der Waals surface area contributed by atoms with Gasteiger partial charge in [-0.1, -0.05) is 37.6 Å². The molecule has 0 aliphatic rings. The molecule has 0 aromatic heterocycles. The molecule has 1 heteroatoms. The van der Waals surface area contributed by atoms with E-state index in [4.69, 9.17) is 11.6 Å². The van der Waals surface area contributed by atoms with Crippen LogP contribution < -0.4 is 0 Å². The van der Waals surface area contributed by atoms with Crippen molar-refractivity contribution >= 4 is 11.6 Å². The number of benzene rings is 1. The lowest BCUT2D eigenvalue weighted by molar-refractivity contribution is 0.642. The summed E-state index contributed by atoms with van der Waals surface area (Å²) in [6.07, 6.45) is 2.38. The third kappa shape index (κ3) is 2.47. The average Bonchev–Trinajstić information content (AvgIpc) is 2.13. The van der Waals surface area contributed by atoms with Gasteiger partial charge in [-0.25, -0.2) is 0 Å². The lowest BCUT2D eigenvalue weighted by atomic mass is 9.93. The first kappa shape index (κ1) is 10.6. The second-order valence-electron chi connectivity index (χ2n) is 3.52. The van der Waals surface area contributed by atoms with E-state index in [9.17, 15) is 0 Å². The van der Waals surface area contributed by atoms with E-state index in [1.54, 1.807) is 0 Å². The summed E-state index contributed by atoms with van der Waals surface area (Å²) in [5, 5.41) is 0.893. The van der Waals surface area contributed by atoms with Crippen LogP contribution in [0, 0.1) is 6.92 Å². The highest BCUT2D eigenvalue weighted by Crippen LogP contribution is 2.26. The van der Waals surface area contributed by atoms with Gasteiger partial charge in [0.1, 0.15) is 0 Å². The number of hydrogen-bond donors (Lipinski definition) is 0. The highest BCUT2D eigenvalue weighted by atomic mass is 35.5. The van der Waals surface area contributed by atoms with E-state index in [0.717, 1.165) is 10.6 Å². The lowest BCUT2D eigenvalue weighted by Gasteiger charge is -2.13. The maximum Gasteiger partial charge on any atom is 0.0438 e. The Hall–Kier alpha value is -0.490. The summed E-state index contributed by atoms with van der Waals surface area (Å²) in [6.45, 7) is 6.49. The number of aryl methyl sites for hydroxylation is 1. The Morgan fingerprint density at radius 3 is 2.31 bits per heavy atom. The molecule has 13 heavy (non-hydrogen) atoms. The first-order chi connectivity index (χ1) is 6.19. The van der Waals surface area contributed by atoms with Crippen molar-refractivity contribution in [2.45, 2.75) is 39.5 Å². The van der Waals surface area contributed by atoms with Crippen LogP contribution >= 0.6 is 11.6 Å². The third-order valence-electron chi connectivity index (χ3n) is 2.65. The quantitative estimate of drug-likeness (QED) is 0.665. The summed E-state index contributed by atoms with van der Waals surface area (Å²) in [4.78, 5) is 0. The Kier molecular flexibility index (Phi) is 3.80. The van der Waals surface area contributed by atoms with Crippen molar-refractivity contribution in [3.05, 3.63) is 34.3 Å². The smallest absolute Gasteiger partial charge is 0.0438 e. The zero-order chi connectivity index (χ0) is 9.84. The molecule has 0 bridgehead atoms. The molecule has 0 spiro atoms. The highest BCUT2D eigenvalue weighted by Gasteiger charge is 2.07. The Morgan fingerprint density at radius 1 is 1.23 bits per heavy atom. The van der Waals surface area contributed by atoms with E-state index in [0.29, 0.717) is 5.92 Å². The molecular weight excluding hydrogens is 180 g/mol. The molecule has 0 amide bonds. The highest BCUT2D eigenvalue weighted by molar-refractivity contribution is 6.31. The van der Waals surface area contributed by atoms with Gasteiger partial charge >= 0.3 is 0 Å². The van der Waals surface area contributed by atoms with Crippen molar-refractivity contribution in [3.8, 4) is 0 Å². The molecule has 0 saturated carbocycles. The van der Waals surface area contributed by atoms with Crippen LogP contribution in [0.25, 0.3) is 0 Å². The molecule has 1 aromatic rings. The fraction of sp³-hybridized carbons (Fsp3) is 0.500. The number of halogens is 1. The summed E-state index contributed by atoms with van der Waals surface area (Å²) >= 11 is 6.07. The summed E-state index contributed by atoms with van der Waals surface area (Å²) in [5.41, 5.74) is 2.54. The predicted molar refractivity (Wildman–Crippen MR) is 59.5 cm³/mol. The van der Waals surface area contributed by atoms with Crippen LogP contribution in [0.1, 0.15) is 43.7 Å². The Morgan fingerprint density at radius 2 is 1.85 bits per heavy atom. The van der Waals surface area contributed by atoms with Crippen molar-refractivity contribution in [1.82, 2.24) is 0 Å². The topological polar surface area (TPSA) is 0 Å². The zero-order valence-corrected chi connectivity index (χ0v) is 9.36. The van der Waals surface area contributed by atoms with Gasteiger partial charge in [-0.3, -0.25) is 0 Å². The summed E-state index contributed by atoms with van der Waals surface area (Å²) in [7, 11) is 0. The molecule has 0 unspecified atom stereocenters. The van der Waals surface area contributed by atoms with Crippen LogP contribution in [0.15, 0.2) is 18.2 Å². The van der Waals surface area contributed by atoms with Gasteiger partial charge in [0.2, 0.25) is 0 Å². The van der Waals surface area contributed by atoms with Gasteiger partial charge in [-0.15, -0.1) is 0 Å². The minimum Gasteiger partial charge on any atom is -0.0840 e. The van der Waals surface area contributed by atoms with Gasteiger partial charge in [0.25, 0.3) is 0 Å². The summed E-state index contributed by atoms with van der Waals surface area (Å²) in [6, 6.07) is 6.41. The maximum absolute atomic E-state index is 6.07. The van der Waals surface area contributed by atoms with E-state index >= 15 is 0 Å². The minimum absolute atomic E-state index is 0.665. The fourth-order valence-electron chi connectivity index (χ4n) is 1.62. The first-order valence-electron chi connectivity index (χ1n) is 4.95. The van der Waals surface area contributed by atoms with Crippen molar-refractivity contribution in [2.75, 3.05) is 0 Å². The average molecular weight is 197 g/mol. The Balaban J connectivity index is 2.95. The van der Waals surface area contributed by atoms with Crippen molar-refractivity contribution in [2.24, 2.45) is 0 Å². The first-order valence-corrected chi connectivity index (χ1v) is 5.32. The zero-order valence-electron chi connectivity index (χ0n) is 8.60.